The van der Waals surface area contributed by atoms with Crippen LogP contribution in [0, 0.1) is 0 Å². The number of nitrogens with one attached hydrogen (secondary N) is 1. The van der Waals surface area contributed by atoms with Gasteiger partial charge >= 0.3 is 0 Å². The number of rotatable bonds is 6. The largest absolute Gasteiger partial charge is 0.306 e. The average Bonchev–Trinajstić information content (AvgIpc) is 2.99. The minimum absolute atomic E-state index is 0.334. The molecule has 2 aromatic heterocycles. The Hall–Kier alpha value is -0.160. The van der Waals surface area contributed by atoms with Gasteiger partial charge in [0.15, 0.2) is 0 Å². The van der Waals surface area contributed by atoms with Crippen molar-refractivity contribution < 1.29 is 0 Å². The van der Waals surface area contributed by atoms with E-state index in [1.807, 2.05) is 11.3 Å². The van der Waals surface area contributed by atoms with Crippen molar-refractivity contribution in [3.63, 3.8) is 0 Å². The molecule has 0 aliphatic carbocycles. The third-order valence-electron chi connectivity index (χ3n) is 2.98. The molecule has 4 heteroatoms. The summed E-state index contributed by atoms with van der Waals surface area (Å²) in [4.78, 5) is 1.46. The van der Waals surface area contributed by atoms with Crippen LogP contribution in [0.15, 0.2) is 26.7 Å². The predicted molar refractivity (Wildman–Crippen MR) is 85.9 cm³/mol. The summed E-state index contributed by atoms with van der Waals surface area (Å²) in [5, 5.41) is 10.3. The molecular formula is C14H18BrNS2. The summed E-state index contributed by atoms with van der Waals surface area (Å²) in [5.41, 5.74) is 2.83. The van der Waals surface area contributed by atoms with Crippen molar-refractivity contribution in [2.75, 3.05) is 6.54 Å². The molecule has 2 rings (SSSR count). The second kappa shape index (κ2) is 6.85. The van der Waals surface area contributed by atoms with E-state index in [0.29, 0.717) is 6.04 Å². The van der Waals surface area contributed by atoms with E-state index < -0.39 is 0 Å². The SMILES string of the molecule is CCCNC(c1cscc1Br)c1sccc1CC. The molecule has 2 aromatic rings. The van der Waals surface area contributed by atoms with E-state index in [1.54, 1.807) is 11.3 Å². The highest BCUT2D eigenvalue weighted by molar-refractivity contribution is 9.10. The summed E-state index contributed by atoms with van der Waals surface area (Å²) in [6.45, 7) is 5.49. The van der Waals surface area contributed by atoms with Gasteiger partial charge in [-0.05, 0) is 63.3 Å². The van der Waals surface area contributed by atoms with Crippen LogP contribution in [-0.4, -0.2) is 6.54 Å². The molecule has 0 radical (unpaired) electrons. The molecule has 98 valence electrons. The quantitative estimate of drug-likeness (QED) is 0.757. The van der Waals surface area contributed by atoms with Crippen LogP contribution in [0.2, 0.25) is 0 Å². The number of hydrogen-bond acceptors (Lipinski definition) is 3. The minimum Gasteiger partial charge on any atom is -0.306 e. The van der Waals surface area contributed by atoms with Crippen molar-refractivity contribution in [3.05, 3.63) is 42.7 Å². The molecule has 0 bridgehead atoms. The van der Waals surface area contributed by atoms with Gasteiger partial charge in [-0.3, -0.25) is 0 Å². The lowest BCUT2D eigenvalue weighted by Crippen LogP contribution is -2.23. The third-order valence-corrected chi connectivity index (χ3v) is 5.75. The van der Waals surface area contributed by atoms with Gasteiger partial charge in [-0.2, -0.15) is 11.3 Å². The lowest BCUT2D eigenvalue weighted by atomic mass is 10.0. The standard InChI is InChI=1S/C14H18BrNS2/c1-3-6-16-13(11-8-17-9-12(11)15)14-10(4-2)5-7-18-14/h5,7-9,13,16H,3-4,6H2,1-2H3. The van der Waals surface area contributed by atoms with Crippen molar-refractivity contribution in [2.24, 2.45) is 0 Å². The highest BCUT2D eigenvalue weighted by Crippen LogP contribution is 2.35. The third kappa shape index (κ3) is 3.05. The first kappa shape index (κ1) is 14.3. The van der Waals surface area contributed by atoms with E-state index in [9.17, 15) is 0 Å². The van der Waals surface area contributed by atoms with Gasteiger partial charge in [-0.25, -0.2) is 0 Å². The fourth-order valence-corrected chi connectivity index (χ4v) is 4.66. The Labute approximate surface area is 125 Å². The van der Waals surface area contributed by atoms with Gasteiger partial charge in [0.25, 0.3) is 0 Å². The summed E-state index contributed by atoms with van der Waals surface area (Å²) in [6, 6.07) is 2.58. The molecule has 1 unspecified atom stereocenters. The van der Waals surface area contributed by atoms with Gasteiger partial charge in [-0.15, -0.1) is 11.3 Å². The number of halogens is 1. The van der Waals surface area contributed by atoms with Crippen LogP contribution in [0.25, 0.3) is 0 Å². The summed E-state index contributed by atoms with van der Waals surface area (Å²) >= 11 is 7.28. The van der Waals surface area contributed by atoms with Crippen LogP contribution in [0.5, 0.6) is 0 Å². The van der Waals surface area contributed by atoms with Crippen molar-refractivity contribution in [1.82, 2.24) is 5.32 Å². The average molecular weight is 344 g/mol. The van der Waals surface area contributed by atoms with Crippen molar-refractivity contribution in [2.45, 2.75) is 32.7 Å². The summed E-state index contributed by atoms with van der Waals surface area (Å²) in [5.74, 6) is 0. The summed E-state index contributed by atoms with van der Waals surface area (Å²) in [6.07, 6.45) is 2.26. The molecular weight excluding hydrogens is 326 g/mol. The van der Waals surface area contributed by atoms with Gasteiger partial charge in [0.2, 0.25) is 0 Å². The first-order valence-electron chi connectivity index (χ1n) is 6.29. The summed E-state index contributed by atoms with van der Waals surface area (Å²) < 4.78 is 1.22. The summed E-state index contributed by atoms with van der Waals surface area (Å²) in [7, 11) is 0. The van der Waals surface area contributed by atoms with Gasteiger partial charge in [-0.1, -0.05) is 13.8 Å². The molecule has 0 saturated carbocycles. The molecule has 2 heterocycles. The Morgan fingerprint density at radius 1 is 1.33 bits per heavy atom. The maximum Gasteiger partial charge on any atom is 0.0693 e. The lowest BCUT2D eigenvalue weighted by Gasteiger charge is -2.18. The maximum absolute atomic E-state index is 3.68. The lowest BCUT2D eigenvalue weighted by molar-refractivity contribution is 0.602. The maximum atomic E-state index is 3.68. The van der Waals surface area contributed by atoms with Gasteiger partial charge in [0.1, 0.15) is 0 Å². The van der Waals surface area contributed by atoms with Crippen LogP contribution >= 0.6 is 38.6 Å². The predicted octanol–water partition coefficient (Wildman–Crippen LogP) is 5.22. The van der Waals surface area contributed by atoms with E-state index >= 15 is 0 Å². The monoisotopic (exact) mass is 343 g/mol. The normalized spacial score (nSPS) is 12.8. The second-order valence-corrected chi connectivity index (χ2v) is 6.77. The Bertz CT molecular complexity index is 489. The van der Waals surface area contributed by atoms with Crippen molar-refractivity contribution >= 4 is 38.6 Å². The zero-order valence-corrected chi connectivity index (χ0v) is 13.9. The molecule has 0 aliphatic rings. The Morgan fingerprint density at radius 3 is 2.78 bits per heavy atom. The molecule has 0 aromatic carbocycles. The van der Waals surface area contributed by atoms with E-state index in [-0.39, 0.29) is 0 Å². The molecule has 0 saturated heterocycles. The Kier molecular flexibility index (Phi) is 5.42. The van der Waals surface area contributed by atoms with Crippen LogP contribution in [0.4, 0.5) is 0 Å². The molecule has 1 atom stereocenters. The molecule has 18 heavy (non-hydrogen) atoms. The van der Waals surface area contributed by atoms with Gasteiger partial charge < -0.3 is 5.32 Å². The molecule has 0 aliphatic heterocycles. The topological polar surface area (TPSA) is 12.0 Å². The highest BCUT2D eigenvalue weighted by atomic mass is 79.9. The van der Waals surface area contributed by atoms with Crippen molar-refractivity contribution in [3.8, 4) is 0 Å². The Balaban J connectivity index is 2.34. The second-order valence-electron chi connectivity index (χ2n) is 4.23. The Morgan fingerprint density at radius 2 is 2.17 bits per heavy atom. The number of aryl methyl sites for hydroxylation is 1. The van der Waals surface area contributed by atoms with E-state index in [1.165, 1.54) is 20.5 Å². The number of thiophene rings is 2. The fourth-order valence-electron chi connectivity index (χ4n) is 2.02. The first-order chi connectivity index (χ1) is 8.77. The van der Waals surface area contributed by atoms with E-state index in [4.69, 9.17) is 0 Å². The van der Waals surface area contributed by atoms with E-state index in [2.05, 4.69) is 57.3 Å². The van der Waals surface area contributed by atoms with Crippen LogP contribution in [0.3, 0.4) is 0 Å². The molecule has 0 fully saturated rings. The van der Waals surface area contributed by atoms with Crippen LogP contribution in [0.1, 0.15) is 42.3 Å². The molecule has 1 nitrogen and oxygen atoms in total. The molecule has 0 spiro atoms. The number of hydrogen-bond donors (Lipinski definition) is 1. The molecule has 0 amide bonds. The van der Waals surface area contributed by atoms with Gasteiger partial charge in [0.05, 0.1) is 6.04 Å². The molecule has 1 N–H and O–H groups in total. The fraction of sp³-hybridized carbons (Fsp3) is 0.429. The first-order valence-corrected chi connectivity index (χ1v) is 8.90. The minimum atomic E-state index is 0.334. The van der Waals surface area contributed by atoms with Crippen LogP contribution < -0.4 is 5.32 Å². The van der Waals surface area contributed by atoms with E-state index in [0.717, 1.165) is 19.4 Å². The zero-order valence-electron chi connectivity index (χ0n) is 10.7. The highest BCUT2D eigenvalue weighted by Gasteiger charge is 2.20. The van der Waals surface area contributed by atoms with Crippen LogP contribution in [-0.2, 0) is 6.42 Å². The zero-order chi connectivity index (χ0) is 13.0. The van der Waals surface area contributed by atoms with Gasteiger partial charge in [0, 0.05) is 14.7 Å². The smallest absolute Gasteiger partial charge is 0.0693 e. The van der Waals surface area contributed by atoms with Crippen molar-refractivity contribution in [1.29, 1.82) is 0 Å².